The second-order valence-corrected chi connectivity index (χ2v) is 5.48. The molecule has 0 aliphatic carbocycles. The van der Waals surface area contributed by atoms with Gasteiger partial charge in [0, 0.05) is 29.9 Å². The van der Waals surface area contributed by atoms with Crippen molar-refractivity contribution < 1.29 is 4.79 Å². The summed E-state index contributed by atoms with van der Waals surface area (Å²) in [7, 11) is 0. The van der Waals surface area contributed by atoms with Gasteiger partial charge >= 0.3 is 0 Å². The molecule has 1 atom stereocenters. The summed E-state index contributed by atoms with van der Waals surface area (Å²) < 4.78 is 0. The molecule has 1 amide bonds. The van der Waals surface area contributed by atoms with Gasteiger partial charge in [0.1, 0.15) is 0 Å². The molecule has 6 nitrogen and oxygen atoms in total. The van der Waals surface area contributed by atoms with E-state index in [0.29, 0.717) is 23.7 Å². The van der Waals surface area contributed by atoms with E-state index in [4.69, 9.17) is 5.73 Å². The molecule has 1 unspecified atom stereocenters. The van der Waals surface area contributed by atoms with Gasteiger partial charge in [-0.2, -0.15) is 5.10 Å². The van der Waals surface area contributed by atoms with Gasteiger partial charge in [0.05, 0.1) is 5.56 Å². The minimum absolute atomic E-state index is 0. The van der Waals surface area contributed by atoms with Crippen LogP contribution in [0.1, 0.15) is 36.3 Å². The van der Waals surface area contributed by atoms with Crippen LogP contribution in [0.4, 0.5) is 0 Å². The smallest absolute Gasteiger partial charge is 0.253 e. The largest absolute Gasteiger partial charge is 0.348 e. The maximum absolute atomic E-state index is 12.2. The number of H-pyrrole nitrogens is 1. The lowest BCUT2D eigenvalue weighted by molar-refractivity contribution is 0.0933. The molecule has 0 bridgehead atoms. The van der Waals surface area contributed by atoms with Crippen LogP contribution in [0.5, 0.6) is 0 Å². The van der Waals surface area contributed by atoms with E-state index in [1.54, 1.807) is 12.3 Å². The van der Waals surface area contributed by atoms with Gasteiger partial charge < -0.3 is 11.1 Å². The fourth-order valence-electron chi connectivity index (χ4n) is 2.20. The topological polar surface area (TPSA) is 96.7 Å². The number of carbonyl (C=O) groups excluding carboxylic acids is 1. The van der Waals surface area contributed by atoms with Gasteiger partial charge in [-0.3, -0.25) is 9.89 Å². The van der Waals surface area contributed by atoms with Crippen LogP contribution >= 0.6 is 24.8 Å². The molecule has 2 heterocycles. The number of aromatic nitrogens is 3. The number of hydrogen-bond acceptors (Lipinski definition) is 4. The quantitative estimate of drug-likeness (QED) is 0.772. The van der Waals surface area contributed by atoms with Gasteiger partial charge in [0.15, 0.2) is 5.65 Å². The number of aromatic amines is 1. The number of hydrogen-bond donors (Lipinski definition) is 3. The van der Waals surface area contributed by atoms with Crippen molar-refractivity contribution in [1.29, 1.82) is 0 Å². The van der Waals surface area contributed by atoms with Gasteiger partial charge in [0.2, 0.25) is 0 Å². The van der Waals surface area contributed by atoms with Gasteiger partial charge in [-0.05, 0) is 25.3 Å². The zero-order valence-corrected chi connectivity index (χ0v) is 14.6. The summed E-state index contributed by atoms with van der Waals surface area (Å²) in [6.07, 6.45) is 2.41. The predicted molar refractivity (Wildman–Crippen MR) is 92.9 cm³/mol. The van der Waals surface area contributed by atoms with Crippen LogP contribution in [-0.2, 0) is 0 Å². The Balaban J connectivity index is 0.00000220. The average Bonchev–Trinajstić information content (AvgIpc) is 2.78. The van der Waals surface area contributed by atoms with E-state index in [1.807, 2.05) is 6.92 Å². The Kier molecular flexibility index (Phi) is 8.37. The molecule has 8 heteroatoms. The number of amides is 1. The number of nitrogens with zero attached hydrogens (tertiary/aromatic N) is 2. The van der Waals surface area contributed by atoms with E-state index < -0.39 is 0 Å². The fourth-order valence-corrected chi connectivity index (χ4v) is 2.20. The van der Waals surface area contributed by atoms with Gasteiger partial charge in [-0.25, -0.2) is 4.98 Å². The van der Waals surface area contributed by atoms with E-state index in [0.717, 1.165) is 17.5 Å². The monoisotopic (exact) mass is 347 g/mol. The first kappa shape index (κ1) is 20.6. The lowest BCUT2D eigenvalue weighted by Crippen LogP contribution is -2.41. The highest BCUT2D eigenvalue weighted by molar-refractivity contribution is 5.97. The van der Waals surface area contributed by atoms with Crippen molar-refractivity contribution in [2.24, 2.45) is 11.7 Å². The van der Waals surface area contributed by atoms with Gasteiger partial charge in [0.25, 0.3) is 5.91 Å². The molecule has 124 valence electrons. The summed E-state index contributed by atoms with van der Waals surface area (Å²) >= 11 is 0. The number of nitrogens with two attached hydrogens (primary N) is 1. The van der Waals surface area contributed by atoms with E-state index in [1.165, 1.54) is 0 Å². The average molecular weight is 348 g/mol. The molecule has 0 aromatic carbocycles. The first-order valence-electron chi connectivity index (χ1n) is 6.83. The summed E-state index contributed by atoms with van der Waals surface area (Å²) in [4.78, 5) is 16.4. The van der Waals surface area contributed by atoms with Crippen molar-refractivity contribution in [3.05, 3.63) is 23.5 Å². The number of aryl methyl sites for hydroxylation is 1. The molecule has 2 rings (SSSR count). The van der Waals surface area contributed by atoms with Crippen molar-refractivity contribution in [2.75, 3.05) is 6.54 Å². The number of pyridine rings is 1. The highest BCUT2D eigenvalue weighted by Crippen LogP contribution is 2.14. The van der Waals surface area contributed by atoms with Crippen molar-refractivity contribution in [3.8, 4) is 0 Å². The van der Waals surface area contributed by atoms with Crippen molar-refractivity contribution in [1.82, 2.24) is 20.5 Å². The lowest BCUT2D eigenvalue weighted by atomic mass is 10.0. The molecule has 0 radical (unpaired) electrons. The summed E-state index contributed by atoms with van der Waals surface area (Å²) in [5.74, 6) is 0.344. The van der Waals surface area contributed by atoms with E-state index in [-0.39, 0.29) is 36.8 Å². The number of carbonyl (C=O) groups is 1. The van der Waals surface area contributed by atoms with E-state index in [9.17, 15) is 4.79 Å². The Morgan fingerprint density at radius 3 is 2.68 bits per heavy atom. The Hall–Kier alpha value is -1.37. The second-order valence-electron chi connectivity index (χ2n) is 5.48. The minimum Gasteiger partial charge on any atom is -0.348 e. The molecule has 0 saturated heterocycles. The van der Waals surface area contributed by atoms with E-state index in [2.05, 4.69) is 34.3 Å². The van der Waals surface area contributed by atoms with Crippen LogP contribution in [0.3, 0.4) is 0 Å². The minimum atomic E-state index is -0.142. The molecule has 0 spiro atoms. The number of fused-ring (bicyclic) bond motifs is 1. The number of halogens is 2. The highest BCUT2D eigenvalue weighted by atomic mass is 35.5. The lowest BCUT2D eigenvalue weighted by Gasteiger charge is -2.18. The molecule has 0 fully saturated rings. The Labute approximate surface area is 142 Å². The van der Waals surface area contributed by atoms with Gasteiger partial charge in [-0.15, -0.1) is 24.8 Å². The van der Waals surface area contributed by atoms with Crippen LogP contribution in [0, 0.1) is 12.8 Å². The SMILES string of the molecule is Cc1[nH]nc2ncc(C(=O)NC(CN)CC(C)C)cc12.Cl.Cl. The van der Waals surface area contributed by atoms with Crippen molar-refractivity contribution in [2.45, 2.75) is 33.2 Å². The molecule has 0 saturated carbocycles. The maximum atomic E-state index is 12.2. The summed E-state index contributed by atoms with van der Waals surface area (Å²) in [6, 6.07) is 1.79. The van der Waals surface area contributed by atoms with Crippen LogP contribution in [0.15, 0.2) is 12.3 Å². The zero-order valence-electron chi connectivity index (χ0n) is 12.9. The maximum Gasteiger partial charge on any atom is 0.253 e. The Morgan fingerprint density at radius 1 is 1.41 bits per heavy atom. The molecule has 2 aromatic heterocycles. The van der Waals surface area contributed by atoms with Crippen LogP contribution in [-0.4, -0.2) is 33.7 Å². The molecule has 0 aliphatic rings. The second kappa shape index (κ2) is 8.92. The van der Waals surface area contributed by atoms with Crippen LogP contribution in [0.2, 0.25) is 0 Å². The fraction of sp³-hybridized carbons (Fsp3) is 0.500. The van der Waals surface area contributed by atoms with Crippen molar-refractivity contribution >= 4 is 41.8 Å². The van der Waals surface area contributed by atoms with Crippen LogP contribution < -0.4 is 11.1 Å². The summed E-state index contributed by atoms with van der Waals surface area (Å²) in [5.41, 5.74) is 7.76. The normalized spacial score (nSPS) is 11.7. The van der Waals surface area contributed by atoms with E-state index >= 15 is 0 Å². The number of nitrogens with one attached hydrogen (secondary N) is 2. The molecular weight excluding hydrogens is 325 g/mol. The molecule has 2 aromatic rings. The zero-order chi connectivity index (χ0) is 14.7. The molecule has 4 N–H and O–H groups in total. The Morgan fingerprint density at radius 2 is 2.09 bits per heavy atom. The first-order chi connectivity index (χ1) is 9.51. The number of rotatable bonds is 5. The third kappa shape index (κ3) is 4.83. The van der Waals surface area contributed by atoms with Crippen molar-refractivity contribution in [3.63, 3.8) is 0 Å². The predicted octanol–water partition coefficient (Wildman–Crippen LogP) is 2.21. The molecule has 0 aliphatic heterocycles. The third-order valence-corrected chi connectivity index (χ3v) is 3.24. The third-order valence-electron chi connectivity index (χ3n) is 3.24. The van der Waals surface area contributed by atoms with Crippen LogP contribution in [0.25, 0.3) is 11.0 Å². The molecule has 22 heavy (non-hydrogen) atoms. The Bertz CT molecular complexity index is 614. The summed E-state index contributed by atoms with van der Waals surface area (Å²) in [5, 5.41) is 10.7. The van der Waals surface area contributed by atoms with Gasteiger partial charge in [-0.1, -0.05) is 13.8 Å². The molecular formula is C14H23Cl2N5O. The standard InChI is InChI=1S/C14H21N5O.2ClH/c1-8(2)4-11(6-15)17-14(20)10-5-12-9(3)18-19-13(12)16-7-10;;/h5,7-8,11H,4,6,15H2,1-3H3,(H,17,20)(H,16,18,19);2*1H. The first-order valence-corrected chi connectivity index (χ1v) is 6.83. The highest BCUT2D eigenvalue weighted by Gasteiger charge is 2.15. The summed E-state index contributed by atoms with van der Waals surface area (Å²) in [6.45, 7) is 6.55.